The van der Waals surface area contributed by atoms with Crippen molar-refractivity contribution in [3.8, 4) is 0 Å². The number of piperidine rings is 2. The topological polar surface area (TPSA) is 40.5 Å². The van der Waals surface area contributed by atoms with Gasteiger partial charge in [0.05, 0.1) is 11.1 Å². The van der Waals surface area contributed by atoms with Crippen LogP contribution in [0.3, 0.4) is 0 Å². The zero-order valence-electron chi connectivity index (χ0n) is 11.9. The number of aliphatic hydroxyl groups is 1. The third kappa shape index (κ3) is 1.33. The third-order valence-electron chi connectivity index (χ3n) is 6.66. The molecule has 2 aliphatic carbocycles. The lowest BCUT2D eigenvalue weighted by Gasteiger charge is -2.69. The molecule has 0 radical (unpaired) electrons. The van der Waals surface area contributed by atoms with E-state index in [-0.39, 0.29) is 17.4 Å². The molecule has 1 spiro atoms. The van der Waals surface area contributed by atoms with Gasteiger partial charge in [-0.05, 0) is 63.5 Å². The summed E-state index contributed by atoms with van der Waals surface area (Å²) in [5.41, 5.74) is -0.766. The number of Topliss-reactive ketones (excluding diaryl/α,β-unsaturated/α-hetero) is 1. The molecule has 5 atom stereocenters. The zero-order chi connectivity index (χ0) is 13.3. The van der Waals surface area contributed by atoms with Crippen molar-refractivity contribution in [3.63, 3.8) is 0 Å². The Labute approximate surface area is 115 Å². The summed E-state index contributed by atoms with van der Waals surface area (Å²) in [6, 6.07) is 0. The molecule has 4 aliphatic rings. The molecule has 2 heterocycles. The summed E-state index contributed by atoms with van der Waals surface area (Å²) in [6.45, 7) is 4.49. The second kappa shape index (κ2) is 3.82. The molecule has 2 bridgehead atoms. The van der Waals surface area contributed by atoms with Crippen molar-refractivity contribution in [3.05, 3.63) is 0 Å². The molecule has 0 aromatic carbocycles. The van der Waals surface area contributed by atoms with Gasteiger partial charge in [-0.2, -0.15) is 0 Å². The molecule has 2 aliphatic heterocycles. The fourth-order valence-electron chi connectivity index (χ4n) is 6.15. The molecule has 4 rings (SSSR count). The maximum Gasteiger partial charge on any atom is 0.138 e. The second-order valence-electron chi connectivity index (χ2n) is 7.55. The smallest absolute Gasteiger partial charge is 0.138 e. The zero-order valence-corrected chi connectivity index (χ0v) is 11.9. The average molecular weight is 263 g/mol. The van der Waals surface area contributed by atoms with Crippen LogP contribution in [0.5, 0.6) is 0 Å². The first-order valence-corrected chi connectivity index (χ1v) is 8.08. The van der Waals surface area contributed by atoms with Crippen molar-refractivity contribution in [1.82, 2.24) is 4.90 Å². The molecule has 0 amide bonds. The van der Waals surface area contributed by atoms with E-state index in [0.717, 1.165) is 51.6 Å². The first kappa shape index (κ1) is 12.3. The molecule has 3 nitrogen and oxygen atoms in total. The predicted octanol–water partition coefficient (Wildman–Crippen LogP) is 1.98. The van der Waals surface area contributed by atoms with Crippen LogP contribution in [0.15, 0.2) is 0 Å². The second-order valence-corrected chi connectivity index (χ2v) is 7.55. The van der Waals surface area contributed by atoms with Gasteiger partial charge in [0.25, 0.3) is 0 Å². The molecule has 19 heavy (non-hydrogen) atoms. The Morgan fingerprint density at radius 1 is 1.32 bits per heavy atom. The monoisotopic (exact) mass is 263 g/mol. The molecule has 106 valence electrons. The Morgan fingerprint density at radius 2 is 2.11 bits per heavy atom. The summed E-state index contributed by atoms with van der Waals surface area (Å²) in [6.07, 6.45) is 6.89. The van der Waals surface area contributed by atoms with Gasteiger partial charge < -0.3 is 5.11 Å². The summed E-state index contributed by atoms with van der Waals surface area (Å²) in [7, 11) is 0. The standard InChI is InChI=1S/C16H25NO2/c1-11-8-12-9-14(18)13-4-2-6-17-7-3-5-16(12,19)15(13,17)10-11/h11-13,19H,2-10H2,1H3/t11-,12-,13+,15+,16+/m1/s1. The number of hydrogen-bond acceptors (Lipinski definition) is 3. The summed E-state index contributed by atoms with van der Waals surface area (Å²) < 4.78 is 0. The highest BCUT2D eigenvalue weighted by Gasteiger charge is 2.69. The quantitative estimate of drug-likeness (QED) is 0.726. The summed E-state index contributed by atoms with van der Waals surface area (Å²) in [5, 5.41) is 11.5. The molecule has 2 saturated carbocycles. The van der Waals surface area contributed by atoms with E-state index in [2.05, 4.69) is 11.8 Å². The lowest BCUT2D eigenvalue weighted by molar-refractivity contribution is -0.249. The number of nitrogens with zero attached hydrogens (tertiary/aromatic N) is 1. The highest BCUT2D eigenvalue weighted by molar-refractivity contribution is 5.85. The Kier molecular flexibility index (Phi) is 2.48. The Morgan fingerprint density at radius 3 is 2.95 bits per heavy atom. The van der Waals surface area contributed by atoms with Crippen LogP contribution < -0.4 is 0 Å². The van der Waals surface area contributed by atoms with Gasteiger partial charge in [0.2, 0.25) is 0 Å². The van der Waals surface area contributed by atoms with Crippen molar-refractivity contribution >= 4 is 5.78 Å². The minimum atomic E-state index is -0.573. The van der Waals surface area contributed by atoms with Crippen LogP contribution in [0, 0.1) is 17.8 Å². The van der Waals surface area contributed by atoms with Crippen LogP contribution in [0.2, 0.25) is 0 Å². The van der Waals surface area contributed by atoms with Gasteiger partial charge in [0.15, 0.2) is 0 Å². The highest BCUT2D eigenvalue weighted by atomic mass is 16.3. The number of hydrogen-bond donors (Lipinski definition) is 1. The number of rotatable bonds is 0. The van der Waals surface area contributed by atoms with Gasteiger partial charge in [0, 0.05) is 12.3 Å². The van der Waals surface area contributed by atoms with E-state index in [9.17, 15) is 9.90 Å². The van der Waals surface area contributed by atoms with Gasteiger partial charge in [-0.1, -0.05) is 6.92 Å². The first-order valence-electron chi connectivity index (χ1n) is 8.08. The van der Waals surface area contributed by atoms with Gasteiger partial charge in [-0.3, -0.25) is 9.69 Å². The van der Waals surface area contributed by atoms with Crippen molar-refractivity contribution in [1.29, 1.82) is 0 Å². The maximum atomic E-state index is 12.6. The Balaban J connectivity index is 1.89. The summed E-state index contributed by atoms with van der Waals surface area (Å²) in [4.78, 5) is 15.1. The fraction of sp³-hybridized carbons (Fsp3) is 0.938. The van der Waals surface area contributed by atoms with Gasteiger partial charge in [-0.25, -0.2) is 0 Å². The average Bonchev–Trinajstić information content (AvgIpc) is 2.35. The molecule has 0 aromatic heterocycles. The fourth-order valence-corrected chi connectivity index (χ4v) is 6.15. The van der Waals surface area contributed by atoms with E-state index in [0.29, 0.717) is 18.1 Å². The third-order valence-corrected chi connectivity index (χ3v) is 6.66. The Bertz CT molecular complexity index is 421. The number of ketones is 1. The van der Waals surface area contributed by atoms with E-state index in [1.165, 1.54) is 0 Å². The number of carbonyl (C=O) groups is 1. The van der Waals surface area contributed by atoms with E-state index in [1.807, 2.05) is 0 Å². The molecule has 0 aromatic rings. The molecule has 1 N–H and O–H groups in total. The maximum absolute atomic E-state index is 12.6. The molecule has 2 saturated heterocycles. The normalized spacial score (nSPS) is 53.8. The van der Waals surface area contributed by atoms with Crippen molar-refractivity contribution < 1.29 is 9.90 Å². The molecular weight excluding hydrogens is 238 g/mol. The van der Waals surface area contributed by atoms with Crippen molar-refractivity contribution in [2.24, 2.45) is 17.8 Å². The highest BCUT2D eigenvalue weighted by Crippen LogP contribution is 2.61. The molecule has 0 unspecified atom stereocenters. The lowest BCUT2D eigenvalue weighted by atomic mass is 9.46. The van der Waals surface area contributed by atoms with Crippen LogP contribution in [-0.2, 0) is 4.79 Å². The van der Waals surface area contributed by atoms with Gasteiger partial charge in [-0.15, -0.1) is 0 Å². The van der Waals surface area contributed by atoms with Crippen LogP contribution in [0.1, 0.15) is 51.9 Å². The van der Waals surface area contributed by atoms with Gasteiger partial charge >= 0.3 is 0 Å². The van der Waals surface area contributed by atoms with E-state index in [4.69, 9.17) is 0 Å². The molecule has 3 heteroatoms. The number of carbonyl (C=O) groups excluding carboxylic acids is 1. The van der Waals surface area contributed by atoms with E-state index >= 15 is 0 Å². The molecule has 4 fully saturated rings. The molecular formula is C16H25NO2. The SMILES string of the molecule is C[C@@H]1C[C@@H]2CC(=O)[C@@H]3CCCN4CCC[C@@]2(O)[C@]34C1. The van der Waals surface area contributed by atoms with Crippen LogP contribution in [0.4, 0.5) is 0 Å². The van der Waals surface area contributed by atoms with E-state index in [1.54, 1.807) is 0 Å². The predicted molar refractivity (Wildman–Crippen MR) is 72.7 cm³/mol. The van der Waals surface area contributed by atoms with E-state index < -0.39 is 5.60 Å². The van der Waals surface area contributed by atoms with Crippen LogP contribution in [0.25, 0.3) is 0 Å². The lowest BCUT2D eigenvalue weighted by Crippen LogP contribution is -2.79. The summed E-state index contributed by atoms with van der Waals surface area (Å²) in [5.74, 6) is 1.44. The summed E-state index contributed by atoms with van der Waals surface area (Å²) >= 11 is 0. The minimum absolute atomic E-state index is 0.116. The first-order chi connectivity index (χ1) is 9.08. The van der Waals surface area contributed by atoms with Crippen molar-refractivity contribution in [2.45, 2.75) is 63.0 Å². The Hall–Kier alpha value is -0.410. The van der Waals surface area contributed by atoms with Crippen molar-refractivity contribution in [2.75, 3.05) is 13.1 Å². The van der Waals surface area contributed by atoms with Gasteiger partial charge in [0.1, 0.15) is 5.78 Å². The van der Waals surface area contributed by atoms with Crippen LogP contribution >= 0.6 is 0 Å². The van der Waals surface area contributed by atoms with Crippen LogP contribution in [-0.4, -0.2) is 40.0 Å². The largest absolute Gasteiger partial charge is 0.388 e. The minimum Gasteiger partial charge on any atom is -0.388 e.